The number of nitrogens with zero attached hydrogens (tertiary/aromatic N) is 3. The molecule has 0 aliphatic rings. The number of aryl methyl sites for hydroxylation is 2. The van der Waals surface area contributed by atoms with Gasteiger partial charge in [0.2, 0.25) is 5.89 Å². The molecule has 0 saturated carbocycles. The van der Waals surface area contributed by atoms with Crippen LogP contribution in [-0.4, -0.2) is 29.4 Å². The van der Waals surface area contributed by atoms with Crippen LogP contribution in [0.1, 0.15) is 27.6 Å². The quantitative estimate of drug-likeness (QED) is 0.435. The van der Waals surface area contributed by atoms with E-state index >= 15 is 0 Å². The molecule has 4 aromatic rings. The summed E-state index contributed by atoms with van der Waals surface area (Å²) in [5.74, 6) is 0.822. The number of oxazole rings is 1. The lowest BCUT2D eigenvalue weighted by Gasteiger charge is -2.12. The fourth-order valence-corrected chi connectivity index (χ4v) is 4.30. The van der Waals surface area contributed by atoms with Crippen molar-refractivity contribution in [1.29, 1.82) is 0 Å². The molecule has 11 heteroatoms. The minimum atomic E-state index is -3.94. The van der Waals surface area contributed by atoms with E-state index in [2.05, 4.69) is 25.2 Å². The van der Waals surface area contributed by atoms with Crippen molar-refractivity contribution in [2.24, 2.45) is 0 Å². The van der Waals surface area contributed by atoms with Crippen molar-refractivity contribution in [3.8, 4) is 11.3 Å². The Morgan fingerprint density at radius 3 is 2.53 bits per heavy atom. The monoisotopic (exact) mass is 453 g/mol. The molecule has 2 heterocycles. The molecule has 0 aliphatic heterocycles. The summed E-state index contributed by atoms with van der Waals surface area (Å²) in [4.78, 5) is 20.4. The topological polar surface area (TPSA) is 140 Å². The van der Waals surface area contributed by atoms with Gasteiger partial charge in [-0.1, -0.05) is 11.2 Å². The van der Waals surface area contributed by atoms with Crippen LogP contribution in [0.3, 0.4) is 0 Å². The number of hydrogen-bond acceptors (Lipinski definition) is 8. The fraction of sp³-hybridized carbons (Fsp3) is 0.143. The second-order valence-corrected chi connectivity index (χ2v) is 8.60. The number of sulfonamides is 1. The SMILES string of the molecule is Cc1noc(CNC(=O)c2ccc(C)c(S(=O)(=O)Nc3ccc(-c4cnco4)cc3)c2)n1. The summed E-state index contributed by atoms with van der Waals surface area (Å²) in [7, 11) is -3.94. The van der Waals surface area contributed by atoms with Gasteiger partial charge in [0.15, 0.2) is 18.0 Å². The van der Waals surface area contributed by atoms with Crippen molar-refractivity contribution < 1.29 is 22.2 Å². The molecular formula is C21H19N5O5S. The molecule has 0 atom stereocenters. The Morgan fingerprint density at radius 1 is 1.09 bits per heavy atom. The first-order valence-electron chi connectivity index (χ1n) is 9.51. The minimum Gasteiger partial charge on any atom is -0.444 e. The number of aromatic nitrogens is 3. The van der Waals surface area contributed by atoms with Crippen molar-refractivity contribution >= 4 is 21.6 Å². The van der Waals surface area contributed by atoms with E-state index in [9.17, 15) is 13.2 Å². The molecule has 32 heavy (non-hydrogen) atoms. The van der Waals surface area contributed by atoms with Gasteiger partial charge >= 0.3 is 0 Å². The maximum Gasteiger partial charge on any atom is 0.262 e. The number of amides is 1. The van der Waals surface area contributed by atoms with E-state index in [-0.39, 0.29) is 22.9 Å². The molecule has 2 aromatic heterocycles. The van der Waals surface area contributed by atoms with E-state index in [1.807, 2.05) is 0 Å². The van der Waals surface area contributed by atoms with E-state index < -0.39 is 15.9 Å². The number of hydrogen-bond donors (Lipinski definition) is 2. The van der Waals surface area contributed by atoms with Gasteiger partial charge in [-0.15, -0.1) is 0 Å². The molecule has 1 amide bonds. The maximum atomic E-state index is 13.0. The highest BCUT2D eigenvalue weighted by Gasteiger charge is 2.20. The van der Waals surface area contributed by atoms with E-state index in [1.54, 1.807) is 56.4 Å². The van der Waals surface area contributed by atoms with Crippen molar-refractivity contribution in [2.45, 2.75) is 25.3 Å². The van der Waals surface area contributed by atoms with E-state index in [0.29, 0.717) is 22.8 Å². The van der Waals surface area contributed by atoms with Crippen molar-refractivity contribution in [2.75, 3.05) is 4.72 Å². The van der Waals surface area contributed by atoms with Crippen molar-refractivity contribution in [3.05, 3.63) is 77.9 Å². The maximum absolute atomic E-state index is 13.0. The van der Waals surface area contributed by atoms with Crippen LogP contribution in [0.5, 0.6) is 0 Å². The van der Waals surface area contributed by atoms with Gasteiger partial charge in [-0.3, -0.25) is 9.52 Å². The van der Waals surface area contributed by atoms with Gasteiger partial charge in [0.05, 0.1) is 17.6 Å². The van der Waals surface area contributed by atoms with Gasteiger partial charge in [0.1, 0.15) is 0 Å². The normalized spacial score (nSPS) is 11.3. The zero-order valence-corrected chi connectivity index (χ0v) is 18.0. The predicted molar refractivity (Wildman–Crippen MR) is 114 cm³/mol. The summed E-state index contributed by atoms with van der Waals surface area (Å²) in [5.41, 5.74) is 1.82. The molecule has 0 fully saturated rings. The van der Waals surface area contributed by atoms with Crippen LogP contribution in [0.4, 0.5) is 5.69 Å². The molecule has 2 aromatic carbocycles. The van der Waals surface area contributed by atoms with Crippen LogP contribution in [0.25, 0.3) is 11.3 Å². The molecule has 164 valence electrons. The third-order valence-corrected chi connectivity index (χ3v) is 6.09. The van der Waals surface area contributed by atoms with E-state index in [1.165, 1.54) is 12.5 Å². The first kappa shape index (κ1) is 21.2. The molecule has 10 nitrogen and oxygen atoms in total. The summed E-state index contributed by atoms with van der Waals surface area (Å²) >= 11 is 0. The highest BCUT2D eigenvalue weighted by molar-refractivity contribution is 7.92. The summed E-state index contributed by atoms with van der Waals surface area (Å²) < 4.78 is 38.7. The molecular weight excluding hydrogens is 434 g/mol. The van der Waals surface area contributed by atoms with Gasteiger partial charge in [-0.2, -0.15) is 4.98 Å². The Balaban J connectivity index is 1.50. The Morgan fingerprint density at radius 2 is 1.88 bits per heavy atom. The molecule has 2 N–H and O–H groups in total. The summed E-state index contributed by atoms with van der Waals surface area (Å²) in [6, 6.07) is 11.1. The van der Waals surface area contributed by atoms with Crippen LogP contribution < -0.4 is 10.0 Å². The molecule has 0 spiro atoms. The van der Waals surface area contributed by atoms with Crippen molar-refractivity contribution in [3.63, 3.8) is 0 Å². The Kier molecular flexibility index (Phi) is 5.73. The predicted octanol–water partition coefficient (Wildman–Crippen LogP) is 3.07. The molecule has 4 rings (SSSR count). The first-order chi connectivity index (χ1) is 15.3. The van der Waals surface area contributed by atoms with Crippen LogP contribution >= 0.6 is 0 Å². The zero-order valence-electron chi connectivity index (χ0n) is 17.2. The third-order valence-electron chi connectivity index (χ3n) is 4.56. The van der Waals surface area contributed by atoms with Crippen LogP contribution in [0.15, 0.2) is 68.9 Å². The van der Waals surface area contributed by atoms with Gasteiger partial charge < -0.3 is 14.3 Å². The van der Waals surface area contributed by atoms with E-state index in [4.69, 9.17) is 8.94 Å². The number of carbonyl (C=O) groups excluding carboxylic acids is 1. The van der Waals surface area contributed by atoms with Crippen molar-refractivity contribution in [1.82, 2.24) is 20.4 Å². The lowest BCUT2D eigenvalue weighted by atomic mass is 10.1. The zero-order chi connectivity index (χ0) is 22.7. The summed E-state index contributed by atoms with van der Waals surface area (Å²) in [5, 5.41) is 6.28. The minimum absolute atomic E-state index is 0.00176. The Bertz CT molecular complexity index is 1350. The molecule has 0 unspecified atom stereocenters. The average Bonchev–Trinajstić information content (AvgIpc) is 3.44. The van der Waals surface area contributed by atoms with Gasteiger partial charge in [-0.05, 0) is 55.8 Å². The van der Waals surface area contributed by atoms with E-state index in [0.717, 1.165) is 5.56 Å². The number of nitrogens with one attached hydrogen (secondary N) is 2. The number of anilines is 1. The molecule has 0 aliphatic carbocycles. The lowest BCUT2D eigenvalue weighted by molar-refractivity contribution is 0.0946. The lowest BCUT2D eigenvalue weighted by Crippen LogP contribution is -2.24. The highest BCUT2D eigenvalue weighted by atomic mass is 32.2. The average molecular weight is 453 g/mol. The number of carbonyl (C=O) groups is 1. The highest BCUT2D eigenvalue weighted by Crippen LogP contribution is 2.24. The second kappa shape index (κ2) is 8.63. The van der Waals surface area contributed by atoms with Crippen LogP contribution in [0.2, 0.25) is 0 Å². The van der Waals surface area contributed by atoms with Crippen LogP contribution in [-0.2, 0) is 16.6 Å². The number of benzene rings is 2. The summed E-state index contributed by atoms with van der Waals surface area (Å²) in [6.07, 6.45) is 2.89. The standard InChI is InChI=1S/C21H19N5O5S/c1-13-3-4-16(21(27)23-11-20-24-14(2)25-31-20)9-19(13)32(28,29)26-17-7-5-15(6-8-17)18-10-22-12-30-18/h3-10,12,26H,11H2,1-2H3,(H,23,27). The molecule has 0 saturated heterocycles. The van der Waals surface area contributed by atoms with Gasteiger partial charge in [0, 0.05) is 16.8 Å². The fourth-order valence-electron chi connectivity index (χ4n) is 2.97. The summed E-state index contributed by atoms with van der Waals surface area (Å²) in [6.45, 7) is 3.36. The Hall–Kier alpha value is -3.99. The largest absolute Gasteiger partial charge is 0.444 e. The molecule has 0 radical (unpaired) electrons. The van der Waals surface area contributed by atoms with Gasteiger partial charge in [0.25, 0.3) is 15.9 Å². The van der Waals surface area contributed by atoms with Crippen LogP contribution in [0, 0.1) is 13.8 Å². The van der Waals surface area contributed by atoms with Gasteiger partial charge in [-0.25, -0.2) is 13.4 Å². The third kappa shape index (κ3) is 4.67. The number of rotatable bonds is 7. The smallest absolute Gasteiger partial charge is 0.262 e. The first-order valence-corrected chi connectivity index (χ1v) is 11.0. The Labute approximate surface area is 183 Å². The molecule has 0 bridgehead atoms. The second-order valence-electron chi connectivity index (χ2n) is 6.95.